The topological polar surface area (TPSA) is 62.7 Å². The second kappa shape index (κ2) is 6.02. The van der Waals surface area contributed by atoms with E-state index in [0.29, 0.717) is 31.1 Å². The van der Waals surface area contributed by atoms with Gasteiger partial charge in [-0.1, -0.05) is 0 Å². The van der Waals surface area contributed by atoms with Crippen LogP contribution in [-0.2, 0) is 17.6 Å². The molecule has 0 atom stereocenters. The zero-order chi connectivity index (χ0) is 13.8. The Morgan fingerprint density at radius 1 is 1.53 bits per heavy atom. The number of likely N-dealkylation sites (N-methyl/N-ethyl adjacent to an activating group) is 1. The Hall–Kier alpha value is -1.62. The number of aromatic nitrogens is 1. The van der Waals surface area contributed by atoms with Crippen LogP contribution in [0.1, 0.15) is 35.0 Å². The van der Waals surface area contributed by atoms with Gasteiger partial charge in [0.2, 0.25) is 0 Å². The van der Waals surface area contributed by atoms with Gasteiger partial charge in [-0.15, -0.1) is 0 Å². The van der Waals surface area contributed by atoms with Crippen molar-refractivity contribution in [2.45, 2.75) is 26.2 Å². The van der Waals surface area contributed by atoms with E-state index < -0.39 is 5.97 Å². The summed E-state index contributed by atoms with van der Waals surface area (Å²) >= 11 is 0. The third kappa shape index (κ3) is 3.04. The van der Waals surface area contributed by atoms with Crippen LogP contribution < -0.4 is 4.90 Å². The molecule has 5 nitrogen and oxygen atoms in total. The highest BCUT2D eigenvalue weighted by atomic mass is 16.5. The van der Waals surface area contributed by atoms with Crippen LogP contribution in [0, 0.1) is 0 Å². The lowest BCUT2D eigenvalue weighted by atomic mass is 10.1. The number of hydrogen-bond donors (Lipinski definition) is 1. The maximum atomic E-state index is 11.4. The molecule has 1 aliphatic carbocycles. The van der Waals surface area contributed by atoms with Crippen LogP contribution in [0.15, 0.2) is 6.07 Å². The predicted molar refractivity (Wildman–Crippen MR) is 73.0 cm³/mol. The van der Waals surface area contributed by atoms with Crippen molar-refractivity contribution >= 4 is 11.8 Å². The molecule has 0 aromatic carbocycles. The van der Waals surface area contributed by atoms with Gasteiger partial charge >= 0.3 is 5.97 Å². The number of rotatable bonds is 6. The largest absolute Gasteiger partial charge is 0.478 e. The van der Waals surface area contributed by atoms with Gasteiger partial charge in [0.1, 0.15) is 11.4 Å². The molecule has 19 heavy (non-hydrogen) atoms. The van der Waals surface area contributed by atoms with Crippen molar-refractivity contribution < 1.29 is 14.6 Å². The first-order chi connectivity index (χ1) is 9.13. The van der Waals surface area contributed by atoms with Gasteiger partial charge in [0.15, 0.2) is 0 Å². The molecule has 1 aromatic rings. The smallest absolute Gasteiger partial charge is 0.339 e. The summed E-state index contributed by atoms with van der Waals surface area (Å²) in [5.41, 5.74) is 2.42. The molecule has 1 N–H and O–H groups in total. The van der Waals surface area contributed by atoms with Crippen molar-refractivity contribution in [3.8, 4) is 0 Å². The lowest BCUT2D eigenvalue weighted by Crippen LogP contribution is -2.26. The highest BCUT2D eigenvalue weighted by Crippen LogP contribution is 2.26. The van der Waals surface area contributed by atoms with Crippen molar-refractivity contribution in [1.82, 2.24) is 4.98 Å². The van der Waals surface area contributed by atoms with Crippen LogP contribution in [0.5, 0.6) is 0 Å². The fraction of sp³-hybridized carbons (Fsp3) is 0.571. The number of carbonyl (C=O) groups is 1. The summed E-state index contributed by atoms with van der Waals surface area (Å²) < 4.78 is 5.30. The van der Waals surface area contributed by atoms with E-state index in [2.05, 4.69) is 4.98 Å². The van der Waals surface area contributed by atoms with Gasteiger partial charge in [0, 0.05) is 25.9 Å². The van der Waals surface area contributed by atoms with E-state index in [1.165, 1.54) is 0 Å². The van der Waals surface area contributed by atoms with Gasteiger partial charge in [-0.25, -0.2) is 9.78 Å². The number of ether oxygens (including phenoxy) is 1. The number of nitrogens with zero attached hydrogens (tertiary/aromatic N) is 2. The van der Waals surface area contributed by atoms with Crippen molar-refractivity contribution in [3.63, 3.8) is 0 Å². The van der Waals surface area contributed by atoms with Crippen molar-refractivity contribution in [2.24, 2.45) is 0 Å². The molecule has 104 valence electrons. The molecule has 0 saturated carbocycles. The molecule has 0 unspecified atom stereocenters. The first kappa shape index (κ1) is 13.8. The van der Waals surface area contributed by atoms with Crippen LogP contribution in [0.2, 0.25) is 0 Å². The first-order valence-electron chi connectivity index (χ1n) is 6.68. The quantitative estimate of drug-likeness (QED) is 0.793. The monoisotopic (exact) mass is 264 g/mol. The summed E-state index contributed by atoms with van der Waals surface area (Å²) in [4.78, 5) is 17.8. The first-order valence-corrected chi connectivity index (χ1v) is 6.68. The highest BCUT2D eigenvalue weighted by Gasteiger charge is 2.21. The molecule has 0 radical (unpaired) electrons. The van der Waals surface area contributed by atoms with Crippen molar-refractivity contribution in [2.75, 3.05) is 31.7 Å². The van der Waals surface area contributed by atoms with E-state index in [4.69, 9.17) is 4.74 Å². The Labute approximate surface area is 113 Å². The predicted octanol–water partition coefficient (Wildman–Crippen LogP) is 1.74. The minimum atomic E-state index is -0.916. The van der Waals surface area contributed by atoms with Gasteiger partial charge in [-0.3, -0.25) is 0 Å². The zero-order valence-corrected chi connectivity index (χ0v) is 11.5. The van der Waals surface area contributed by atoms with Crippen LogP contribution in [0.3, 0.4) is 0 Å². The molecular formula is C14H20N2O3. The Morgan fingerprint density at radius 2 is 2.32 bits per heavy atom. The van der Waals surface area contributed by atoms with Gasteiger partial charge < -0.3 is 14.7 Å². The second-order valence-electron chi connectivity index (χ2n) is 4.74. The lowest BCUT2D eigenvalue weighted by molar-refractivity contribution is 0.0697. The van der Waals surface area contributed by atoms with Gasteiger partial charge in [0.25, 0.3) is 0 Å². The van der Waals surface area contributed by atoms with Crippen molar-refractivity contribution in [3.05, 3.63) is 22.9 Å². The minimum absolute atomic E-state index is 0.291. The van der Waals surface area contributed by atoms with E-state index in [0.717, 1.165) is 30.5 Å². The average Bonchev–Trinajstić information content (AvgIpc) is 2.84. The Kier molecular flexibility index (Phi) is 4.37. The lowest BCUT2D eigenvalue weighted by Gasteiger charge is -2.21. The average molecular weight is 264 g/mol. The molecule has 1 heterocycles. The molecule has 0 aliphatic heterocycles. The maximum Gasteiger partial charge on any atom is 0.339 e. The van der Waals surface area contributed by atoms with E-state index >= 15 is 0 Å². The van der Waals surface area contributed by atoms with E-state index in [1.807, 2.05) is 18.9 Å². The van der Waals surface area contributed by atoms with Gasteiger partial charge in [-0.05, 0) is 37.8 Å². The number of hydrogen-bond acceptors (Lipinski definition) is 4. The standard InChI is InChI=1S/C14H20N2O3/c1-3-19-8-7-16(2)13-11(14(17)18)9-10-5-4-6-12(10)15-13/h9H,3-8H2,1-2H3,(H,17,18). The Morgan fingerprint density at radius 3 is 3.00 bits per heavy atom. The summed E-state index contributed by atoms with van der Waals surface area (Å²) in [6.45, 7) is 3.82. The van der Waals surface area contributed by atoms with Crippen LogP contribution in [-0.4, -0.2) is 42.9 Å². The Balaban J connectivity index is 2.24. The Bertz CT molecular complexity index is 474. The van der Waals surface area contributed by atoms with Crippen LogP contribution in [0.25, 0.3) is 0 Å². The molecule has 0 amide bonds. The number of fused-ring (bicyclic) bond motifs is 1. The number of carboxylic acid groups (broad SMARTS) is 1. The van der Waals surface area contributed by atoms with Crippen molar-refractivity contribution in [1.29, 1.82) is 0 Å². The fourth-order valence-corrected chi connectivity index (χ4v) is 2.36. The van der Waals surface area contributed by atoms with E-state index in [-0.39, 0.29) is 0 Å². The molecule has 0 saturated heterocycles. The molecule has 1 aromatic heterocycles. The summed E-state index contributed by atoms with van der Waals surface area (Å²) in [5.74, 6) is -0.367. The fourth-order valence-electron chi connectivity index (χ4n) is 2.36. The molecule has 1 aliphatic rings. The van der Waals surface area contributed by atoms with E-state index in [1.54, 1.807) is 6.07 Å². The number of anilines is 1. The number of aryl methyl sites for hydroxylation is 2. The molecular weight excluding hydrogens is 244 g/mol. The van der Waals surface area contributed by atoms with E-state index in [9.17, 15) is 9.90 Å². The second-order valence-corrected chi connectivity index (χ2v) is 4.74. The summed E-state index contributed by atoms with van der Waals surface area (Å²) in [6, 6.07) is 1.78. The zero-order valence-electron chi connectivity index (χ0n) is 11.5. The summed E-state index contributed by atoms with van der Waals surface area (Å²) in [5, 5.41) is 9.32. The third-order valence-electron chi connectivity index (χ3n) is 3.40. The van der Waals surface area contributed by atoms with Gasteiger partial charge in [-0.2, -0.15) is 0 Å². The maximum absolute atomic E-state index is 11.4. The van der Waals surface area contributed by atoms with Crippen LogP contribution in [0.4, 0.5) is 5.82 Å². The number of aromatic carboxylic acids is 1. The normalized spacial score (nSPS) is 13.4. The molecule has 0 fully saturated rings. The summed E-state index contributed by atoms with van der Waals surface area (Å²) in [6.07, 6.45) is 2.95. The number of carboxylic acids is 1. The highest BCUT2D eigenvalue weighted by molar-refractivity contribution is 5.93. The number of pyridine rings is 1. The molecule has 0 spiro atoms. The van der Waals surface area contributed by atoms with Gasteiger partial charge in [0.05, 0.1) is 6.61 Å². The third-order valence-corrected chi connectivity index (χ3v) is 3.40. The molecule has 5 heteroatoms. The molecule has 2 rings (SSSR count). The minimum Gasteiger partial charge on any atom is -0.478 e. The summed E-state index contributed by atoms with van der Waals surface area (Å²) in [7, 11) is 1.86. The van der Waals surface area contributed by atoms with Crippen LogP contribution >= 0.6 is 0 Å². The SMILES string of the molecule is CCOCCN(C)c1nc2c(cc1C(=O)O)CCC2. The molecule has 0 bridgehead atoms.